The van der Waals surface area contributed by atoms with E-state index in [1.807, 2.05) is 16.8 Å². The summed E-state index contributed by atoms with van der Waals surface area (Å²) in [6.45, 7) is 2.29. The Labute approximate surface area is 109 Å². The molecule has 0 aliphatic carbocycles. The molecular weight excluding hydrogens is 250 g/mol. The highest BCUT2D eigenvalue weighted by Gasteiger charge is 2.20. The van der Waals surface area contributed by atoms with E-state index in [2.05, 4.69) is 15.0 Å². The van der Waals surface area contributed by atoms with Gasteiger partial charge in [-0.2, -0.15) is 16.3 Å². The van der Waals surface area contributed by atoms with Crippen molar-refractivity contribution in [1.82, 2.24) is 15.0 Å². The third-order valence-corrected chi connectivity index (χ3v) is 3.77. The van der Waals surface area contributed by atoms with Gasteiger partial charge in [0.15, 0.2) is 0 Å². The van der Waals surface area contributed by atoms with Crippen molar-refractivity contribution in [2.45, 2.75) is 25.5 Å². The number of β-amino-alcohol motifs (C(OH)–C–C–N with tert-alkyl or cyclic N) is 1. The van der Waals surface area contributed by atoms with Gasteiger partial charge in [0.05, 0.1) is 12.6 Å². The maximum Gasteiger partial charge on any atom is 0.241 e. The zero-order chi connectivity index (χ0) is 12.4. The van der Waals surface area contributed by atoms with Crippen LogP contribution in [0.15, 0.2) is 21.3 Å². The van der Waals surface area contributed by atoms with Gasteiger partial charge in [0.1, 0.15) is 0 Å². The molecule has 1 N–H and O–H groups in total. The summed E-state index contributed by atoms with van der Waals surface area (Å²) in [7, 11) is 0. The third-order valence-electron chi connectivity index (χ3n) is 3.09. The predicted molar refractivity (Wildman–Crippen MR) is 68.1 cm³/mol. The zero-order valence-corrected chi connectivity index (χ0v) is 10.8. The summed E-state index contributed by atoms with van der Waals surface area (Å²) in [6, 6.07) is 1.98. The van der Waals surface area contributed by atoms with Crippen LogP contribution in [0.3, 0.4) is 0 Å². The monoisotopic (exact) mass is 265 g/mol. The molecule has 6 heteroatoms. The molecule has 2 aromatic rings. The summed E-state index contributed by atoms with van der Waals surface area (Å²) in [6.07, 6.45) is 1.69. The van der Waals surface area contributed by atoms with Crippen molar-refractivity contribution < 1.29 is 9.63 Å². The number of nitrogens with zero attached hydrogens (tertiary/aromatic N) is 3. The van der Waals surface area contributed by atoms with E-state index in [0.717, 1.165) is 24.9 Å². The maximum absolute atomic E-state index is 9.61. The molecule has 1 aliphatic heterocycles. The van der Waals surface area contributed by atoms with Crippen LogP contribution in [0.2, 0.25) is 0 Å². The number of aliphatic hydroxyl groups is 1. The molecule has 1 saturated heterocycles. The number of hydrogen-bond acceptors (Lipinski definition) is 6. The molecule has 0 radical (unpaired) electrons. The number of thiophene rings is 1. The molecule has 0 bridgehead atoms. The molecule has 1 fully saturated rings. The van der Waals surface area contributed by atoms with E-state index in [-0.39, 0.29) is 6.10 Å². The topological polar surface area (TPSA) is 62.4 Å². The first-order valence-corrected chi connectivity index (χ1v) is 7.01. The number of piperidine rings is 1. The van der Waals surface area contributed by atoms with Crippen LogP contribution in [0.5, 0.6) is 0 Å². The van der Waals surface area contributed by atoms with E-state index in [1.165, 1.54) is 0 Å². The van der Waals surface area contributed by atoms with Gasteiger partial charge in [-0.3, -0.25) is 4.90 Å². The van der Waals surface area contributed by atoms with E-state index in [9.17, 15) is 5.11 Å². The van der Waals surface area contributed by atoms with E-state index in [0.29, 0.717) is 24.8 Å². The maximum atomic E-state index is 9.61. The van der Waals surface area contributed by atoms with Gasteiger partial charge in [-0.05, 0) is 30.8 Å². The van der Waals surface area contributed by atoms with Crippen molar-refractivity contribution in [1.29, 1.82) is 0 Å². The Morgan fingerprint density at radius 2 is 2.50 bits per heavy atom. The smallest absolute Gasteiger partial charge is 0.241 e. The minimum Gasteiger partial charge on any atom is -0.392 e. The fourth-order valence-electron chi connectivity index (χ4n) is 2.19. The van der Waals surface area contributed by atoms with Gasteiger partial charge in [0.2, 0.25) is 11.7 Å². The second-order valence-corrected chi connectivity index (χ2v) is 5.33. The van der Waals surface area contributed by atoms with E-state index in [1.54, 1.807) is 11.3 Å². The van der Waals surface area contributed by atoms with Crippen LogP contribution in [0.4, 0.5) is 0 Å². The SMILES string of the molecule is OC1CCCN(Cc2nc(-c3ccsc3)no2)C1. The molecule has 3 rings (SSSR count). The number of hydrogen-bond donors (Lipinski definition) is 1. The standard InChI is InChI=1S/C12H15N3O2S/c16-10-2-1-4-15(6-10)7-11-13-12(14-17-11)9-3-5-18-8-9/h3,5,8,10,16H,1-2,4,6-7H2. The lowest BCUT2D eigenvalue weighted by Crippen LogP contribution is -2.37. The van der Waals surface area contributed by atoms with Gasteiger partial charge in [-0.1, -0.05) is 5.16 Å². The molecule has 0 saturated carbocycles. The van der Waals surface area contributed by atoms with Crippen LogP contribution in [0.25, 0.3) is 11.4 Å². The summed E-state index contributed by atoms with van der Waals surface area (Å²) >= 11 is 1.61. The number of aromatic nitrogens is 2. The van der Waals surface area contributed by atoms with Crippen molar-refractivity contribution >= 4 is 11.3 Å². The highest BCUT2D eigenvalue weighted by atomic mass is 32.1. The Balaban J connectivity index is 1.66. The lowest BCUT2D eigenvalue weighted by atomic mass is 10.1. The predicted octanol–water partition coefficient (Wildman–Crippen LogP) is 1.75. The van der Waals surface area contributed by atoms with Crippen molar-refractivity contribution in [3.8, 4) is 11.4 Å². The summed E-state index contributed by atoms with van der Waals surface area (Å²) < 4.78 is 5.25. The highest BCUT2D eigenvalue weighted by Crippen LogP contribution is 2.19. The minimum atomic E-state index is -0.224. The largest absolute Gasteiger partial charge is 0.392 e. The fraction of sp³-hybridized carbons (Fsp3) is 0.500. The third kappa shape index (κ3) is 2.60. The number of aliphatic hydroxyl groups excluding tert-OH is 1. The quantitative estimate of drug-likeness (QED) is 0.916. The van der Waals surface area contributed by atoms with Crippen LogP contribution < -0.4 is 0 Å². The average Bonchev–Trinajstić information content (AvgIpc) is 2.98. The summed E-state index contributed by atoms with van der Waals surface area (Å²) in [4.78, 5) is 6.53. The van der Waals surface area contributed by atoms with Crippen LogP contribution in [-0.4, -0.2) is 39.3 Å². The van der Waals surface area contributed by atoms with Gasteiger partial charge < -0.3 is 9.63 Å². The lowest BCUT2D eigenvalue weighted by Gasteiger charge is -2.28. The molecule has 1 aliphatic rings. The Kier molecular flexibility index (Phi) is 3.40. The van der Waals surface area contributed by atoms with Gasteiger partial charge in [0.25, 0.3) is 0 Å². The van der Waals surface area contributed by atoms with Gasteiger partial charge in [-0.25, -0.2) is 0 Å². The molecule has 1 unspecified atom stereocenters. The van der Waals surface area contributed by atoms with E-state index < -0.39 is 0 Å². The van der Waals surface area contributed by atoms with Gasteiger partial charge in [-0.15, -0.1) is 0 Å². The van der Waals surface area contributed by atoms with Crippen molar-refractivity contribution in [3.63, 3.8) is 0 Å². The van der Waals surface area contributed by atoms with E-state index >= 15 is 0 Å². The average molecular weight is 265 g/mol. The molecule has 1 atom stereocenters. The highest BCUT2D eigenvalue weighted by molar-refractivity contribution is 7.08. The van der Waals surface area contributed by atoms with E-state index in [4.69, 9.17) is 4.52 Å². The molecule has 5 nitrogen and oxygen atoms in total. The minimum absolute atomic E-state index is 0.224. The second kappa shape index (κ2) is 5.17. The normalized spacial score (nSPS) is 21.3. The Morgan fingerprint density at radius 3 is 3.28 bits per heavy atom. The molecule has 3 heterocycles. The first kappa shape index (κ1) is 11.8. The Bertz CT molecular complexity index is 497. The van der Waals surface area contributed by atoms with Crippen molar-refractivity contribution in [2.24, 2.45) is 0 Å². The molecule has 0 amide bonds. The Hall–Kier alpha value is -1.24. The summed E-state index contributed by atoms with van der Waals surface area (Å²) in [5.41, 5.74) is 0.994. The first-order chi connectivity index (χ1) is 8.81. The van der Waals surface area contributed by atoms with Crippen LogP contribution in [0, 0.1) is 0 Å². The van der Waals surface area contributed by atoms with Gasteiger partial charge in [0, 0.05) is 17.5 Å². The number of likely N-dealkylation sites (tertiary alicyclic amines) is 1. The molecule has 96 valence electrons. The first-order valence-electron chi connectivity index (χ1n) is 6.07. The second-order valence-electron chi connectivity index (χ2n) is 4.55. The van der Waals surface area contributed by atoms with Crippen LogP contribution in [-0.2, 0) is 6.54 Å². The zero-order valence-electron chi connectivity index (χ0n) is 9.95. The van der Waals surface area contributed by atoms with Crippen molar-refractivity contribution in [2.75, 3.05) is 13.1 Å². The molecule has 18 heavy (non-hydrogen) atoms. The number of rotatable bonds is 3. The summed E-state index contributed by atoms with van der Waals surface area (Å²) in [5, 5.41) is 17.6. The van der Waals surface area contributed by atoms with Crippen molar-refractivity contribution in [3.05, 3.63) is 22.7 Å². The molecule has 0 aromatic carbocycles. The molecule has 0 spiro atoms. The van der Waals surface area contributed by atoms with Crippen LogP contribution >= 0.6 is 11.3 Å². The lowest BCUT2D eigenvalue weighted by molar-refractivity contribution is 0.0613. The summed E-state index contributed by atoms with van der Waals surface area (Å²) in [5.74, 6) is 1.26. The van der Waals surface area contributed by atoms with Gasteiger partial charge >= 0.3 is 0 Å². The molecular formula is C12H15N3O2S. The van der Waals surface area contributed by atoms with Crippen LogP contribution in [0.1, 0.15) is 18.7 Å². The Morgan fingerprint density at radius 1 is 1.56 bits per heavy atom. The fourth-order valence-corrected chi connectivity index (χ4v) is 2.83. The molecule has 2 aromatic heterocycles.